The summed E-state index contributed by atoms with van der Waals surface area (Å²) in [6.45, 7) is 1.53. The van der Waals surface area contributed by atoms with Crippen molar-refractivity contribution in [3.8, 4) is 0 Å². The molecule has 1 fully saturated rings. The summed E-state index contributed by atoms with van der Waals surface area (Å²) in [7, 11) is 0. The Balaban J connectivity index is 1.99. The fraction of sp³-hybridized carbons (Fsp3) is 0.750. The Kier molecular flexibility index (Phi) is 2.56. The molecule has 0 radical (unpaired) electrons. The van der Waals surface area contributed by atoms with Crippen LogP contribution in [0.25, 0.3) is 0 Å². The number of ether oxygens (including phenoxy) is 1. The van der Waals surface area contributed by atoms with Gasteiger partial charge in [-0.15, -0.1) is 5.10 Å². The zero-order valence-electron chi connectivity index (χ0n) is 7.39. The minimum Gasteiger partial charge on any atom is -0.390 e. The number of aromatic nitrogens is 3. The predicted octanol–water partition coefficient (Wildman–Crippen LogP) is -0.0506. The second-order valence-corrected chi connectivity index (χ2v) is 3.20. The molecule has 1 saturated heterocycles. The lowest BCUT2D eigenvalue weighted by Crippen LogP contribution is -2.17. The van der Waals surface area contributed by atoms with Crippen molar-refractivity contribution in [3.05, 3.63) is 11.9 Å². The molecule has 1 aliphatic rings. The van der Waals surface area contributed by atoms with Gasteiger partial charge in [-0.1, -0.05) is 5.21 Å². The van der Waals surface area contributed by atoms with Crippen LogP contribution in [0, 0.1) is 0 Å². The maximum Gasteiger partial charge on any atom is 0.0866 e. The van der Waals surface area contributed by atoms with Crippen LogP contribution in [0.2, 0.25) is 0 Å². The van der Waals surface area contributed by atoms with Crippen molar-refractivity contribution in [2.24, 2.45) is 0 Å². The van der Waals surface area contributed by atoms with E-state index in [1.54, 1.807) is 10.9 Å². The standard InChI is InChI=1S/C8H13N3O2/c12-6-7-4-9-10-11(7)5-8-2-1-3-13-8/h4,8,12H,1-3,5-6H2/t8-/m0/s1. The zero-order valence-corrected chi connectivity index (χ0v) is 7.39. The van der Waals surface area contributed by atoms with Gasteiger partial charge in [-0.05, 0) is 12.8 Å². The molecule has 0 aromatic carbocycles. The summed E-state index contributed by atoms with van der Waals surface area (Å²) in [5, 5.41) is 16.5. The second-order valence-electron chi connectivity index (χ2n) is 3.20. The lowest BCUT2D eigenvalue weighted by atomic mass is 10.2. The van der Waals surface area contributed by atoms with E-state index in [4.69, 9.17) is 9.84 Å². The molecule has 0 aliphatic carbocycles. The maximum absolute atomic E-state index is 8.94. The van der Waals surface area contributed by atoms with Crippen molar-refractivity contribution < 1.29 is 9.84 Å². The second kappa shape index (κ2) is 3.85. The first-order valence-corrected chi connectivity index (χ1v) is 4.50. The van der Waals surface area contributed by atoms with E-state index in [1.165, 1.54) is 0 Å². The van der Waals surface area contributed by atoms with Gasteiger partial charge < -0.3 is 9.84 Å². The van der Waals surface area contributed by atoms with E-state index in [0.717, 1.165) is 25.1 Å². The van der Waals surface area contributed by atoms with Crippen LogP contribution in [0.15, 0.2) is 6.20 Å². The number of aliphatic hydroxyl groups is 1. The average Bonchev–Trinajstić information content (AvgIpc) is 2.76. The van der Waals surface area contributed by atoms with Gasteiger partial charge >= 0.3 is 0 Å². The summed E-state index contributed by atoms with van der Waals surface area (Å²) in [5.41, 5.74) is 0.746. The molecule has 1 aliphatic heterocycles. The third kappa shape index (κ3) is 1.87. The predicted molar refractivity (Wildman–Crippen MR) is 44.9 cm³/mol. The third-order valence-corrected chi connectivity index (χ3v) is 2.26. The van der Waals surface area contributed by atoms with E-state index in [0.29, 0.717) is 6.54 Å². The summed E-state index contributed by atoms with van der Waals surface area (Å²) in [6.07, 6.45) is 4.01. The largest absolute Gasteiger partial charge is 0.390 e. The summed E-state index contributed by atoms with van der Waals surface area (Å²) < 4.78 is 7.16. The van der Waals surface area contributed by atoms with E-state index >= 15 is 0 Å². The molecule has 72 valence electrons. The molecular weight excluding hydrogens is 170 g/mol. The van der Waals surface area contributed by atoms with Crippen molar-refractivity contribution in [1.82, 2.24) is 15.0 Å². The van der Waals surface area contributed by atoms with Gasteiger partial charge in [0.1, 0.15) is 0 Å². The van der Waals surface area contributed by atoms with Gasteiger partial charge in [-0.3, -0.25) is 0 Å². The first-order valence-electron chi connectivity index (χ1n) is 4.50. The molecule has 0 bridgehead atoms. The van der Waals surface area contributed by atoms with Crippen molar-refractivity contribution in [2.45, 2.75) is 32.1 Å². The number of aliphatic hydroxyl groups excluding tert-OH is 1. The molecular formula is C8H13N3O2. The highest BCUT2D eigenvalue weighted by atomic mass is 16.5. The number of hydrogen-bond donors (Lipinski definition) is 1. The molecule has 0 spiro atoms. The lowest BCUT2D eigenvalue weighted by Gasteiger charge is -2.09. The van der Waals surface area contributed by atoms with Crippen molar-refractivity contribution >= 4 is 0 Å². The van der Waals surface area contributed by atoms with Gasteiger partial charge in [-0.2, -0.15) is 0 Å². The SMILES string of the molecule is OCc1cnnn1C[C@@H]1CCCO1. The van der Waals surface area contributed by atoms with E-state index < -0.39 is 0 Å². The van der Waals surface area contributed by atoms with Gasteiger partial charge in [0.05, 0.1) is 31.1 Å². The molecule has 5 nitrogen and oxygen atoms in total. The smallest absolute Gasteiger partial charge is 0.0866 e. The Morgan fingerprint density at radius 2 is 2.62 bits per heavy atom. The Labute approximate surface area is 76.3 Å². The molecule has 2 rings (SSSR count). The molecule has 2 heterocycles. The van der Waals surface area contributed by atoms with Crippen LogP contribution < -0.4 is 0 Å². The fourth-order valence-electron chi connectivity index (χ4n) is 1.54. The molecule has 1 atom stereocenters. The Morgan fingerprint density at radius 1 is 1.69 bits per heavy atom. The van der Waals surface area contributed by atoms with Crippen LogP contribution in [-0.2, 0) is 17.9 Å². The van der Waals surface area contributed by atoms with Crippen LogP contribution in [0.1, 0.15) is 18.5 Å². The molecule has 0 saturated carbocycles. The first kappa shape index (κ1) is 8.65. The number of rotatable bonds is 3. The monoisotopic (exact) mass is 183 g/mol. The van der Waals surface area contributed by atoms with Crippen molar-refractivity contribution in [2.75, 3.05) is 6.61 Å². The summed E-state index contributed by atoms with van der Waals surface area (Å²) >= 11 is 0. The van der Waals surface area contributed by atoms with Crippen LogP contribution in [0.3, 0.4) is 0 Å². The van der Waals surface area contributed by atoms with E-state index in [2.05, 4.69) is 10.3 Å². The fourth-order valence-corrected chi connectivity index (χ4v) is 1.54. The van der Waals surface area contributed by atoms with Crippen LogP contribution in [0.5, 0.6) is 0 Å². The van der Waals surface area contributed by atoms with Crippen LogP contribution in [-0.4, -0.2) is 32.8 Å². The molecule has 0 unspecified atom stereocenters. The zero-order chi connectivity index (χ0) is 9.10. The minimum absolute atomic E-state index is 0.0142. The summed E-state index contributed by atoms with van der Waals surface area (Å²) in [6, 6.07) is 0. The van der Waals surface area contributed by atoms with E-state index in [9.17, 15) is 0 Å². The topological polar surface area (TPSA) is 60.2 Å². The Bertz CT molecular complexity index is 268. The average molecular weight is 183 g/mol. The molecule has 13 heavy (non-hydrogen) atoms. The molecule has 0 amide bonds. The maximum atomic E-state index is 8.94. The van der Waals surface area contributed by atoms with Crippen molar-refractivity contribution in [1.29, 1.82) is 0 Å². The number of nitrogens with zero attached hydrogens (tertiary/aromatic N) is 3. The van der Waals surface area contributed by atoms with E-state index in [1.807, 2.05) is 0 Å². The van der Waals surface area contributed by atoms with Crippen molar-refractivity contribution in [3.63, 3.8) is 0 Å². The molecule has 5 heteroatoms. The quantitative estimate of drug-likeness (QED) is 0.713. The molecule has 1 aromatic heterocycles. The first-order chi connectivity index (χ1) is 6.40. The lowest BCUT2D eigenvalue weighted by molar-refractivity contribution is 0.0914. The minimum atomic E-state index is -0.0142. The van der Waals surface area contributed by atoms with Crippen LogP contribution >= 0.6 is 0 Å². The highest BCUT2D eigenvalue weighted by Crippen LogP contribution is 2.14. The van der Waals surface area contributed by atoms with E-state index in [-0.39, 0.29) is 12.7 Å². The highest BCUT2D eigenvalue weighted by Gasteiger charge is 2.17. The van der Waals surface area contributed by atoms with Gasteiger partial charge in [0, 0.05) is 6.61 Å². The summed E-state index contributed by atoms with van der Waals surface area (Å²) in [4.78, 5) is 0. The van der Waals surface area contributed by atoms with Gasteiger partial charge in [0.2, 0.25) is 0 Å². The van der Waals surface area contributed by atoms with Gasteiger partial charge in [0.25, 0.3) is 0 Å². The van der Waals surface area contributed by atoms with Gasteiger partial charge in [0.15, 0.2) is 0 Å². The Hall–Kier alpha value is -0.940. The normalized spacial score (nSPS) is 22.4. The van der Waals surface area contributed by atoms with Crippen LogP contribution in [0.4, 0.5) is 0 Å². The third-order valence-electron chi connectivity index (χ3n) is 2.26. The van der Waals surface area contributed by atoms with Gasteiger partial charge in [-0.25, -0.2) is 4.68 Å². The molecule has 1 aromatic rings. The molecule has 1 N–H and O–H groups in total. The number of hydrogen-bond acceptors (Lipinski definition) is 4. The Morgan fingerprint density at radius 3 is 3.31 bits per heavy atom. The summed E-state index contributed by atoms with van der Waals surface area (Å²) in [5.74, 6) is 0. The highest BCUT2D eigenvalue weighted by molar-refractivity contribution is 4.91.